The fourth-order valence-corrected chi connectivity index (χ4v) is 2.73. The number of morpholine rings is 1. The molecule has 7 nitrogen and oxygen atoms in total. The highest BCUT2D eigenvalue weighted by Crippen LogP contribution is 2.24. The molecule has 0 saturated carbocycles. The molecule has 1 atom stereocenters. The SMILES string of the molecule is Cc1cc(C(=O)Nc2ccc(C3CNCCO3)cc2F)cc(C(N)=O)n1. The largest absolute Gasteiger partial charge is 0.371 e. The van der Waals surface area contributed by atoms with Crippen molar-refractivity contribution in [2.45, 2.75) is 13.0 Å². The normalized spacial score (nSPS) is 16.9. The summed E-state index contributed by atoms with van der Waals surface area (Å²) in [5.74, 6) is -1.86. The summed E-state index contributed by atoms with van der Waals surface area (Å²) in [7, 11) is 0. The van der Waals surface area contributed by atoms with Gasteiger partial charge in [0.2, 0.25) is 0 Å². The molecule has 26 heavy (non-hydrogen) atoms. The number of nitrogens with zero attached hydrogens (tertiary/aromatic N) is 1. The third-order valence-corrected chi connectivity index (χ3v) is 4.01. The van der Waals surface area contributed by atoms with Gasteiger partial charge in [0.25, 0.3) is 11.8 Å². The Morgan fingerprint density at radius 1 is 1.35 bits per heavy atom. The number of pyridine rings is 1. The van der Waals surface area contributed by atoms with Gasteiger partial charge in [0.1, 0.15) is 11.5 Å². The van der Waals surface area contributed by atoms with Crippen molar-refractivity contribution in [1.29, 1.82) is 0 Å². The number of anilines is 1. The summed E-state index contributed by atoms with van der Waals surface area (Å²) >= 11 is 0. The standard InChI is InChI=1S/C18H19FN4O3/c1-10-6-12(8-15(22-10)17(20)24)18(25)23-14-3-2-11(7-13(14)19)16-9-21-4-5-26-16/h2-3,6-8,16,21H,4-5,9H2,1H3,(H2,20,24)(H,23,25). The summed E-state index contributed by atoms with van der Waals surface area (Å²) in [5.41, 5.74) is 6.56. The first-order chi connectivity index (χ1) is 12.4. The zero-order valence-corrected chi connectivity index (χ0v) is 14.2. The molecule has 136 valence electrons. The Kier molecular flexibility index (Phi) is 5.24. The maximum atomic E-state index is 14.4. The monoisotopic (exact) mass is 358 g/mol. The topological polar surface area (TPSA) is 106 Å². The molecule has 1 aliphatic rings. The van der Waals surface area contributed by atoms with Gasteiger partial charge >= 0.3 is 0 Å². The second-order valence-electron chi connectivity index (χ2n) is 6.00. The van der Waals surface area contributed by atoms with Crippen LogP contribution in [0, 0.1) is 12.7 Å². The van der Waals surface area contributed by atoms with E-state index in [1.807, 2.05) is 0 Å². The van der Waals surface area contributed by atoms with E-state index < -0.39 is 17.6 Å². The van der Waals surface area contributed by atoms with E-state index in [2.05, 4.69) is 15.6 Å². The van der Waals surface area contributed by atoms with Crippen molar-refractivity contribution in [3.63, 3.8) is 0 Å². The number of aryl methyl sites for hydroxylation is 1. The molecular weight excluding hydrogens is 339 g/mol. The Labute approximate surface area is 149 Å². The van der Waals surface area contributed by atoms with E-state index in [4.69, 9.17) is 10.5 Å². The van der Waals surface area contributed by atoms with Gasteiger partial charge in [0, 0.05) is 24.3 Å². The number of primary amides is 1. The Hall–Kier alpha value is -2.84. The minimum atomic E-state index is -0.737. The van der Waals surface area contributed by atoms with E-state index in [0.29, 0.717) is 24.4 Å². The van der Waals surface area contributed by atoms with E-state index >= 15 is 0 Å². The quantitative estimate of drug-likeness (QED) is 0.769. The van der Waals surface area contributed by atoms with Gasteiger partial charge in [-0.3, -0.25) is 9.59 Å². The van der Waals surface area contributed by atoms with Crippen LogP contribution < -0.4 is 16.4 Å². The zero-order chi connectivity index (χ0) is 18.7. The number of amides is 2. The average Bonchev–Trinajstić information content (AvgIpc) is 2.63. The van der Waals surface area contributed by atoms with Crippen LogP contribution in [-0.2, 0) is 4.74 Å². The maximum absolute atomic E-state index is 14.4. The van der Waals surface area contributed by atoms with Crippen molar-refractivity contribution >= 4 is 17.5 Å². The number of hydrogen-bond acceptors (Lipinski definition) is 5. The van der Waals surface area contributed by atoms with Crippen molar-refractivity contribution in [3.8, 4) is 0 Å². The molecule has 0 radical (unpaired) electrons. The van der Waals surface area contributed by atoms with Crippen LogP contribution in [0.4, 0.5) is 10.1 Å². The van der Waals surface area contributed by atoms with Crippen LogP contribution in [0.1, 0.15) is 38.2 Å². The van der Waals surface area contributed by atoms with Gasteiger partial charge in [-0.05, 0) is 36.8 Å². The number of nitrogens with two attached hydrogens (primary N) is 1. The Morgan fingerprint density at radius 3 is 2.81 bits per heavy atom. The van der Waals surface area contributed by atoms with Gasteiger partial charge in [-0.1, -0.05) is 6.07 Å². The first-order valence-electron chi connectivity index (χ1n) is 8.15. The third kappa shape index (κ3) is 4.04. The molecule has 0 bridgehead atoms. The van der Waals surface area contributed by atoms with Gasteiger partial charge in [-0.15, -0.1) is 0 Å². The number of halogens is 1. The lowest BCUT2D eigenvalue weighted by Crippen LogP contribution is -2.33. The highest BCUT2D eigenvalue weighted by atomic mass is 19.1. The van der Waals surface area contributed by atoms with Gasteiger partial charge in [0.05, 0.1) is 18.4 Å². The van der Waals surface area contributed by atoms with Crippen molar-refractivity contribution in [2.24, 2.45) is 5.73 Å². The van der Waals surface area contributed by atoms with Crippen LogP contribution in [0.25, 0.3) is 0 Å². The van der Waals surface area contributed by atoms with Gasteiger partial charge in [-0.2, -0.15) is 0 Å². The van der Waals surface area contributed by atoms with Crippen LogP contribution in [-0.4, -0.2) is 36.5 Å². The van der Waals surface area contributed by atoms with Crippen LogP contribution in [0.2, 0.25) is 0 Å². The molecule has 2 heterocycles. The first kappa shape index (κ1) is 18.0. The number of rotatable bonds is 4. The van der Waals surface area contributed by atoms with E-state index in [9.17, 15) is 14.0 Å². The van der Waals surface area contributed by atoms with E-state index in [1.54, 1.807) is 13.0 Å². The molecule has 1 aromatic heterocycles. The highest BCUT2D eigenvalue weighted by molar-refractivity contribution is 6.05. The first-order valence-corrected chi connectivity index (χ1v) is 8.15. The Balaban J connectivity index is 1.78. The predicted octanol–water partition coefficient (Wildman–Crippen LogP) is 1.54. The van der Waals surface area contributed by atoms with Crippen molar-refractivity contribution in [2.75, 3.05) is 25.0 Å². The van der Waals surface area contributed by atoms with Crippen molar-refractivity contribution < 1.29 is 18.7 Å². The molecule has 1 aromatic carbocycles. The van der Waals surface area contributed by atoms with Crippen molar-refractivity contribution in [3.05, 3.63) is 58.7 Å². The average molecular weight is 358 g/mol. The highest BCUT2D eigenvalue weighted by Gasteiger charge is 2.18. The second-order valence-corrected chi connectivity index (χ2v) is 6.00. The number of aromatic nitrogens is 1. The van der Waals surface area contributed by atoms with E-state index in [1.165, 1.54) is 24.3 Å². The van der Waals surface area contributed by atoms with Crippen molar-refractivity contribution in [1.82, 2.24) is 10.3 Å². The van der Waals surface area contributed by atoms with E-state index in [-0.39, 0.29) is 23.0 Å². The molecule has 3 rings (SSSR count). The van der Waals surface area contributed by atoms with Crippen LogP contribution >= 0.6 is 0 Å². The fourth-order valence-electron chi connectivity index (χ4n) is 2.73. The number of hydrogen-bond donors (Lipinski definition) is 3. The molecule has 0 spiro atoms. The molecule has 4 N–H and O–H groups in total. The molecule has 1 unspecified atom stereocenters. The molecular formula is C18H19FN4O3. The lowest BCUT2D eigenvalue weighted by molar-refractivity contribution is 0.0275. The lowest BCUT2D eigenvalue weighted by atomic mass is 10.1. The summed E-state index contributed by atoms with van der Waals surface area (Å²) in [6, 6.07) is 7.32. The minimum Gasteiger partial charge on any atom is -0.371 e. The van der Waals surface area contributed by atoms with Gasteiger partial charge in [-0.25, -0.2) is 9.37 Å². The molecule has 1 saturated heterocycles. The third-order valence-electron chi connectivity index (χ3n) is 4.01. The number of nitrogens with one attached hydrogen (secondary N) is 2. The maximum Gasteiger partial charge on any atom is 0.267 e. The smallest absolute Gasteiger partial charge is 0.267 e. The summed E-state index contributed by atoms with van der Waals surface area (Å²) < 4.78 is 20.0. The lowest BCUT2D eigenvalue weighted by Gasteiger charge is -2.24. The summed E-state index contributed by atoms with van der Waals surface area (Å²) in [6.45, 7) is 3.58. The molecule has 1 aliphatic heterocycles. The molecule has 2 aromatic rings. The van der Waals surface area contributed by atoms with Gasteiger partial charge < -0.3 is 21.1 Å². The van der Waals surface area contributed by atoms with E-state index in [0.717, 1.165) is 6.54 Å². The number of benzene rings is 1. The van der Waals surface area contributed by atoms with Crippen LogP contribution in [0.5, 0.6) is 0 Å². The van der Waals surface area contributed by atoms with Crippen LogP contribution in [0.3, 0.4) is 0 Å². The zero-order valence-electron chi connectivity index (χ0n) is 14.2. The number of carbonyl (C=O) groups excluding carboxylic acids is 2. The summed E-state index contributed by atoms with van der Waals surface area (Å²) in [4.78, 5) is 27.6. The molecule has 2 amide bonds. The molecule has 1 fully saturated rings. The molecule has 0 aliphatic carbocycles. The number of ether oxygens (including phenoxy) is 1. The number of carbonyl (C=O) groups is 2. The van der Waals surface area contributed by atoms with Crippen LogP contribution in [0.15, 0.2) is 30.3 Å². The van der Waals surface area contributed by atoms with Gasteiger partial charge in [0.15, 0.2) is 0 Å². The Morgan fingerprint density at radius 2 is 2.15 bits per heavy atom. The predicted molar refractivity (Wildman–Crippen MR) is 93.4 cm³/mol. The minimum absolute atomic E-state index is 0.0204. The Bertz CT molecular complexity index is 850. The second kappa shape index (κ2) is 7.59. The fraction of sp³-hybridized carbons (Fsp3) is 0.278. The summed E-state index contributed by atoms with van der Waals surface area (Å²) in [6.07, 6.45) is -0.219. The summed E-state index contributed by atoms with van der Waals surface area (Å²) in [5, 5.41) is 5.68. The molecule has 8 heteroatoms.